The summed E-state index contributed by atoms with van der Waals surface area (Å²) in [5.41, 5.74) is 0. The fourth-order valence-electron chi connectivity index (χ4n) is 1.48. The van der Waals surface area contributed by atoms with Crippen LogP contribution >= 0.6 is 27.5 Å². The molecule has 0 radical (unpaired) electrons. The highest BCUT2D eigenvalue weighted by Gasteiger charge is 2.11. The van der Waals surface area contributed by atoms with Crippen molar-refractivity contribution in [2.24, 2.45) is 0 Å². The van der Waals surface area contributed by atoms with Crippen LogP contribution in [0.25, 0.3) is 0 Å². The van der Waals surface area contributed by atoms with Crippen LogP contribution in [-0.2, 0) is 4.79 Å². The lowest BCUT2D eigenvalue weighted by atomic mass is 10.3. The third-order valence-corrected chi connectivity index (χ3v) is 3.28. The molecule has 0 saturated heterocycles. The smallest absolute Gasteiger partial charge is 0.260 e. The molecule has 0 aliphatic rings. The summed E-state index contributed by atoms with van der Waals surface area (Å²) in [5.74, 6) is 0.665. The molecule has 0 aromatic heterocycles. The first-order valence-electron chi connectivity index (χ1n) is 5.89. The molecule has 0 N–H and O–H groups in total. The van der Waals surface area contributed by atoms with Gasteiger partial charge in [0.15, 0.2) is 6.61 Å². The van der Waals surface area contributed by atoms with Gasteiger partial charge >= 0.3 is 0 Å². The van der Waals surface area contributed by atoms with Gasteiger partial charge in [-0.1, -0.05) is 27.5 Å². The average molecular weight is 335 g/mol. The molecule has 100 valence electrons. The van der Waals surface area contributed by atoms with Crippen molar-refractivity contribution in [3.8, 4) is 5.75 Å². The number of hydrogen-bond acceptors (Lipinski definition) is 2. The number of nitrogens with zero attached hydrogens (tertiary/aromatic N) is 1. The van der Waals surface area contributed by atoms with Crippen LogP contribution in [0.2, 0.25) is 5.02 Å². The summed E-state index contributed by atoms with van der Waals surface area (Å²) in [6.45, 7) is 3.49. The van der Waals surface area contributed by atoms with Gasteiger partial charge in [0.05, 0.1) is 0 Å². The van der Waals surface area contributed by atoms with Gasteiger partial charge in [-0.2, -0.15) is 0 Å². The van der Waals surface area contributed by atoms with Crippen LogP contribution in [0.15, 0.2) is 24.3 Å². The van der Waals surface area contributed by atoms with Crippen LogP contribution in [0.5, 0.6) is 5.75 Å². The second-order valence-corrected chi connectivity index (χ2v) is 4.99. The van der Waals surface area contributed by atoms with E-state index in [1.54, 1.807) is 29.2 Å². The van der Waals surface area contributed by atoms with E-state index in [2.05, 4.69) is 15.9 Å². The number of carbonyl (C=O) groups excluding carboxylic acids is 1. The Balaban J connectivity index is 2.41. The Morgan fingerprint density at radius 3 is 2.61 bits per heavy atom. The number of carbonyl (C=O) groups is 1. The van der Waals surface area contributed by atoms with E-state index in [-0.39, 0.29) is 12.5 Å². The van der Waals surface area contributed by atoms with E-state index in [0.717, 1.165) is 18.3 Å². The van der Waals surface area contributed by atoms with Crippen LogP contribution in [0.3, 0.4) is 0 Å². The Hall–Kier alpha value is -0.740. The molecule has 0 atom stereocenters. The molecule has 1 amide bonds. The molecule has 1 aromatic rings. The third kappa shape index (κ3) is 5.27. The highest BCUT2D eigenvalue weighted by atomic mass is 79.9. The average Bonchev–Trinajstić information content (AvgIpc) is 2.39. The molecule has 0 saturated carbocycles. The van der Waals surface area contributed by atoms with E-state index in [1.807, 2.05) is 6.92 Å². The molecule has 18 heavy (non-hydrogen) atoms. The van der Waals surface area contributed by atoms with Crippen LogP contribution in [0, 0.1) is 0 Å². The highest BCUT2D eigenvalue weighted by Crippen LogP contribution is 2.15. The molecule has 0 aliphatic carbocycles. The highest BCUT2D eigenvalue weighted by molar-refractivity contribution is 9.09. The van der Waals surface area contributed by atoms with Gasteiger partial charge in [-0.05, 0) is 37.6 Å². The summed E-state index contributed by atoms with van der Waals surface area (Å²) in [6.07, 6.45) is 0.945. The second-order valence-electron chi connectivity index (χ2n) is 3.76. The minimum Gasteiger partial charge on any atom is -0.484 e. The standard InChI is InChI=1S/C13H17BrClNO2/c1-2-16(9-3-8-14)13(17)10-18-12-6-4-11(15)5-7-12/h4-7H,2-3,8-10H2,1H3. The predicted octanol–water partition coefficient (Wildman–Crippen LogP) is 3.35. The lowest BCUT2D eigenvalue weighted by molar-refractivity contribution is -0.133. The monoisotopic (exact) mass is 333 g/mol. The van der Waals surface area contributed by atoms with Crippen molar-refractivity contribution in [3.05, 3.63) is 29.3 Å². The summed E-state index contributed by atoms with van der Waals surface area (Å²) in [5, 5.41) is 1.55. The summed E-state index contributed by atoms with van der Waals surface area (Å²) in [6, 6.07) is 6.99. The summed E-state index contributed by atoms with van der Waals surface area (Å²) in [7, 11) is 0. The lowest BCUT2D eigenvalue weighted by Crippen LogP contribution is -2.35. The van der Waals surface area contributed by atoms with Crippen molar-refractivity contribution in [2.45, 2.75) is 13.3 Å². The Bertz CT molecular complexity index is 370. The summed E-state index contributed by atoms with van der Waals surface area (Å²) in [4.78, 5) is 13.7. The molecule has 3 nitrogen and oxygen atoms in total. The van der Waals surface area contributed by atoms with Crippen LogP contribution in [0.4, 0.5) is 0 Å². The first kappa shape index (κ1) is 15.3. The van der Waals surface area contributed by atoms with Crippen molar-refractivity contribution in [2.75, 3.05) is 25.0 Å². The van der Waals surface area contributed by atoms with Gasteiger partial charge in [0.1, 0.15) is 5.75 Å². The topological polar surface area (TPSA) is 29.5 Å². The zero-order chi connectivity index (χ0) is 13.4. The quantitative estimate of drug-likeness (QED) is 0.716. The van der Waals surface area contributed by atoms with E-state index in [1.165, 1.54) is 0 Å². The number of alkyl halides is 1. The van der Waals surface area contributed by atoms with E-state index in [0.29, 0.717) is 17.3 Å². The van der Waals surface area contributed by atoms with Crippen LogP contribution in [0.1, 0.15) is 13.3 Å². The number of ether oxygens (including phenoxy) is 1. The van der Waals surface area contributed by atoms with Gasteiger partial charge in [0.25, 0.3) is 5.91 Å². The number of likely N-dealkylation sites (N-methyl/N-ethyl adjacent to an activating group) is 1. The van der Waals surface area contributed by atoms with Gasteiger partial charge < -0.3 is 9.64 Å². The van der Waals surface area contributed by atoms with Gasteiger partial charge in [-0.15, -0.1) is 0 Å². The van der Waals surface area contributed by atoms with Gasteiger partial charge in [-0.25, -0.2) is 0 Å². The molecule has 1 aromatic carbocycles. The molecule has 5 heteroatoms. The number of amides is 1. The molecule has 0 heterocycles. The van der Waals surface area contributed by atoms with E-state index < -0.39 is 0 Å². The minimum absolute atomic E-state index is 0.00778. The van der Waals surface area contributed by atoms with Crippen LogP contribution in [-0.4, -0.2) is 35.8 Å². The molecule has 0 fully saturated rings. The Morgan fingerprint density at radius 2 is 2.06 bits per heavy atom. The fraction of sp³-hybridized carbons (Fsp3) is 0.462. The maximum absolute atomic E-state index is 11.9. The van der Waals surface area contributed by atoms with E-state index in [4.69, 9.17) is 16.3 Å². The Kier molecular flexibility index (Phi) is 7.13. The molecule has 1 rings (SSSR count). The van der Waals surface area contributed by atoms with Crippen molar-refractivity contribution in [1.82, 2.24) is 4.90 Å². The van der Waals surface area contributed by atoms with Crippen molar-refractivity contribution in [3.63, 3.8) is 0 Å². The SMILES string of the molecule is CCN(CCCBr)C(=O)COc1ccc(Cl)cc1. The maximum atomic E-state index is 11.9. The maximum Gasteiger partial charge on any atom is 0.260 e. The first-order valence-corrected chi connectivity index (χ1v) is 7.39. The number of hydrogen-bond donors (Lipinski definition) is 0. The molecule has 0 bridgehead atoms. The van der Waals surface area contributed by atoms with Crippen LogP contribution < -0.4 is 4.74 Å². The zero-order valence-electron chi connectivity index (χ0n) is 10.4. The number of benzene rings is 1. The molecule has 0 unspecified atom stereocenters. The summed E-state index contributed by atoms with van der Waals surface area (Å²) < 4.78 is 5.42. The molecular weight excluding hydrogens is 318 g/mol. The van der Waals surface area contributed by atoms with Crippen molar-refractivity contribution >= 4 is 33.4 Å². The van der Waals surface area contributed by atoms with E-state index in [9.17, 15) is 4.79 Å². The van der Waals surface area contributed by atoms with Gasteiger partial charge in [0.2, 0.25) is 0 Å². The fourth-order valence-corrected chi connectivity index (χ4v) is 1.85. The Morgan fingerprint density at radius 1 is 1.39 bits per heavy atom. The number of rotatable bonds is 7. The largest absolute Gasteiger partial charge is 0.484 e. The van der Waals surface area contributed by atoms with Gasteiger partial charge in [0, 0.05) is 23.4 Å². The molecule has 0 aliphatic heterocycles. The Labute approximate surface area is 121 Å². The van der Waals surface area contributed by atoms with Crippen molar-refractivity contribution in [1.29, 1.82) is 0 Å². The normalized spacial score (nSPS) is 10.2. The first-order chi connectivity index (χ1) is 8.67. The third-order valence-electron chi connectivity index (χ3n) is 2.47. The lowest BCUT2D eigenvalue weighted by Gasteiger charge is -2.20. The number of halogens is 2. The second kappa shape index (κ2) is 8.38. The predicted molar refractivity (Wildman–Crippen MR) is 77.6 cm³/mol. The van der Waals surface area contributed by atoms with Gasteiger partial charge in [-0.3, -0.25) is 4.79 Å². The minimum atomic E-state index is 0.00778. The van der Waals surface area contributed by atoms with Crippen molar-refractivity contribution < 1.29 is 9.53 Å². The zero-order valence-corrected chi connectivity index (χ0v) is 12.7. The molecule has 0 spiro atoms. The van der Waals surface area contributed by atoms with E-state index >= 15 is 0 Å². The molecular formula is C13H17BrClNO2. The summed E-state index contributed by atoms with van der Waals surface area (Å²) >= 11 is 9.13.